The van der Waals surface area contributed by atoms with Gasteiger partial charge in [-0.25, -0.2) is 14.5 Å². The predicted octanol–water partition coefficient (Wildman–Crippen LogP) is 2.77. The molecule has 2 amide bonds. The maximum atomic E-state index is 13.4. The van der Waals surface area contributed by atoms with E-state index in [0.29, 0.717) is 50.0 Å². The van der Waals surface area contributed by atoms with Crippen LogP contribution in [0.1, 0.15) is 40.5 Å². The molecule has 3 heterocycles. The number of hydrazone groups is 1. The number of allylic oxidation sites excluding steroid dienone is 1. The number of aromatic nitrogens is 2. The SMILES string of the molecule is C=C/C(=N\C(=N/C)N1CCN(C(=O)N2N=CCC2c2cc(P)cc(C#N)c2)CC1)n1nc(C)c(C)c1C. The second kappa shape index (κ2) is 11.1. The van der Waals surface area contributed by atoms with Crippen molar-refractivity contribution in [2.45, 2.75) is 33.2 Å². The molecular weight excluding hydrogens is 485 g/mol. The number of nitrogens with zero attached hydrogens (tertiary/aromatic N) is 9. The summed E-state index contributed by atoms with van der Waals surface area (Å²) in [5.41, 5.74) is 4.55. The maximum absolute atomic E-state index is 13.4. The fourth-order valence-electron chi connectivity index (χ4n) is 4.54. The molecule has 0 N–H and O–H groups in total. The molecule has 1 saturated heterocycles. The highest BCUT2D eigenvalue weighted by molar-refractivity contribution is 7.27. The van der Waals surface area contributed by atoms with Crippen LogP contribution in [0.5, 0.6) is 0 Å². The van der Waals surface area contributed by atoms with E-state index in [2.05, 4.69) is 42.0 Å². The Morgan fingerprint density at radius 3 is 2.49 bits per heavy atom. The van der Waals surface area contributed by atoms with E-state index >= 15 is 0 Å². The van der Waals surface area contributed by atoms with E-state index in [9.17, 15) is 10.1 Å². The fourth-order valence-corrected chi connectivity index (χ4v) is 4.91. The minimum atomic E-state index is -0.227. The van der Waals surface area contributed by atoms with Crippen LogP contribution in [0, 0.1) is 32.1 Å². The van der Waals surface area contributed by atoms with Gasteiger partial charge in [0, 0.05) is 51.6 Å². The van der Waals surface area contributed by atoms with Crippen LogP contribution in [0.15, 0.2) is 45.9 Å². The minimum absolute atomic E-state index is 0.144. The van der Waals surface area contributed by atoms with Gasteiger partial charge >= 0.3 is 6.03 Å². The Morgan fingerprint density at radius 2 is 1.89 bits per heavy atom. The Morgan fingerprint density at radius 1 is 1.19 bits per heavy atom. The first-order chi connectivity index (χ1) is 17.8. The number of nitriles is 1. The number of amides is 2. The van der Waals surface area contributed by atoms with Crippen LogP contribution < -0.4 is 5.30 Å². The van der Waals surface area contributed by atoms with E-state index in [1.807, 2.05) is 32.9 Å². The van der Waals surface area contributed by atoms with Crippen LogP contribution >= 0.6 is 9.24 Å². The number of aryl methyl sites for hydroxylation is 1. The van der Waals surface area contributed by atoms with Crippen molar-refractivity contribution in [3.8, 4) is 6.07 Å². The Balaban J connectivity index is 1.45. The van der Waals surface area contributed by atoms with E-state index in [-0.39, 0.29) is 12.1 Å². The first-order valence-corrected chi connectivity index (χ1v) is 12.7. The lowest BCUT2D eigenvalue weighted by atomic mass is 10.0. The molecular formula is C26H32N9OP. The van der Waals surface area contributed by atoms with Crippen LogP contribution in [-0.4, -0.2) is 81.9 Å². The summed E-state index contributed by atoms with van der Waals surface area (Å²) in [6, 6.07) is 7.43. The summed E-state index contributed by atoms with van der Waals surface area (Å²) in [4.78, 5) is 26.4. The number of hydrogen-bond donors (Lipinski definition) is 0. The summed E-state index contributed by atoms with van der Waals surface area (Å²) in [6.45, 7) is 12.1. The number of aliphatic imine (C=N–C) groups is 2. The lowest BCUT2D eigenvalue weighted by molar-refractivity contribution is 0.123. The van der Waals surface area contributed by atoms with Crippen LogP contribution in [0.3, 0.4) is 0 Å². The fraction of sp³-hybridized carbons (Fsp3) is 0.385. The molecule has 0 bridgehead atoms. The van der Waals surface area contributed by atoms with Crippen LogP contribution in [-0.2, 0) is 0 Å². The highest BCUT2D eigenvalue weighted by atomic mass is 31.0. The molecule has 2 atom stereocenters. The van der Waals surface area contributed by atoms with Crippen LogP contribution in [0.2, 0.25) is 0 Å². The average Bonchev–Trinajstić information content (AvgIpc) is 3.50. The third-order valence-corrected chi connectivity index (χ3v) is 7.15. The molecule has 0 spiro atoms. The molecule has 1 fully saturated rings. The molecule has 1 aromatic carbocycles. The van der Waals surface area contributed by atoms with Gasteiger partial charge < -0.3 is 9.80 Å². The van der Waals surface area contributed by atoms with Gasteiger partial charge in [-0.3, -0.25) is 4.99 Å². The highest BCUT2D eigenvalue weighted by Gasteiger charge is 2.33. The monoisotopic (exact) mass is 517 g/mol. The van der Waals surface area contributed by atoms with Crippen molar-refractivity contribution in [1.82, 2.24) is 24.6 Å². The number of benzene rings is 1. The molecule has 2 aliphatic rings. The molecule has 192 valence electrons. The zero-order chi connectivity index (χ0) is 26.7. The number of piperazine rings is 1. The second-order valence-electron chi connectivity index (χ2n) is 9.06. The first-order valence-electron chi connectivity index (χ1n) is 12.1. The summed E-state index contributed by atoms with van der Waals surface area (Å²) >= 11 is 0. The minimum Gasteiger partial charge on any atom is -0.338 e. The Kier molecular flexibility index (Phi) is 7.84. The van der Waals surface area contributed by atoms with Crippen molar-refractivity contribution >= 4 is 38.6 Å². The summed E-state index contributed by atoms with van der Waals surface area (Å²) in [6.07, 6.45) is 4.05. The smallest absolute Gasteiger partial charge is 0.338 e. The second-order valence-corrected chi connectivity index (χ2v) is 9.72. The van der Waals surface area contributed by atoms with Crippen molar-refractivity contribution < 1.29 is 4.79 Å². The standard InChI is InChI=1S/C26H32N9OP/c1-6-24(34-19(4)17(2)18(3)31-34)30-25(28-5)32-9-11-33(12-10-32)26(36)35-23(7-8-29-35)21-13-20(16-27)14-22(37)15-21/h6,8,13-15,23H,1,7,9-12,37H2,2-5H3/b28-25+,30-24+. The molecule has 4 rings (SSSR count). The van der Waals surface area contributed by atoms with Gasteiger partial charge in [0.15, 0.2) is 5.84 Å². The molecule has 2 unspecified atom stereocenters. The number of urea groups is 1. The van der Waals surface area contributed by atoms with Crippen LogP contribution in [0.25, 0.3) is 0 Å². The van der Waals surface area contributed by atoms with Gasteiger partial charge in [-0.2, -0.15) is 20.5 Å². The predicted molar refractivity (Wildman–Crippen MR) is 150 cm³/mol. The van der Waals surface area contributed by atoms with Crippen molar-refractivity contribution in [3.05, 3.63) is 58.9 Å². The van der Waals surface area contributed by atoms with E-state index in [1.54, 1.807) is 35.0 Å². The normalized spacial score (nSPS) is 18.4. The average molecular weight is 518 g/mol. The highest BCUT2D eigenvalue weighted by Crippen LogP contribution is 2.30. The first kappa shape index (κ1) is 26.2. The topological polar surface area (TPSA) is 105 Å². The van der Waals surface area contributed by atoms with Gasteiger partial charge in [0.1, 0.15) is 0 Å². The summed E-state index contributed by atoms with van der Waals surface area (Å²) in [5, 5.41) is 20.7. The molecule has 1 aromatic heterocycles. The number of rotatable bonds is 2. The van der Waals surface area contributed by atoms with Gasteiger partial charge in [-0.1, -0.05) is 6.58 Å². The third-order valence-electron chi connectivity index (χ3n) is 6.82. The largest absolute Gasteiger partial charge is 0.341 e. The van der Waals surface area contributed by atoms with Gasteiger partial charge in [-0.15, -0.1) is 9.24 Å². The quantitative estimate of drug-likeness (QED) is 0.347. The van der Waals surface area contributed by atoms with E-state index in [1.165, 1.54) is 5.01 Å². The molecule has 10 nitrogen and oxygen atoms in total. The Bertz CT molecular complexity index is 1340. The lowest BCUT2D eigenvalue weighted by Crippen LogP contribution is -2.53. The molecule has 0 saturated carbocycles. The molecule has 37 heavy (non-hydrogen) atoms. The lowest BCUT2D eigenvalue weighted by Gasteiger charge is -2.37. The molecule has 11 heteroatoms. The molecule has 0 aliphatic carbocycles. The summed E-state index contributed by atoms with van der Waals surface area (Å²) in [7, 11) is 4.33. The third kappa shape index (κ3) is 5.32. The maximum Gasteiger partial charge on any atom is 0.341 e. The zero-order valence-electron chi connectivity index (χ0n) is 21.7. The molecule has 0 radical (unpaired) electrons. The van der Waals surface area contributed by atoms with E-state index in [4.69, 9.17) is 4.99 Å². The van der Waals surface area contributed by atoms with Gasteiger partial charge in [0.2, 0.25) is 5.96 Å². The Labute approximate surface area is 219 Å². The summed E-state index contributed by atoms with van der Waals surface area (Å²) < 4.78 is 1.79. The van der Waals surface area contributed by atoms with Crippen molar-refractivity contribution in [2.24, 2.45) is 15.1 Å². The number of guanidine groups is 1. The molecule has 2 aromatic rings. The zero-order valence-corrected chi connectivity index (χ0v) is 22.9. The van der Waals surface area contributed by atoms with Gasteiger partial charge in [0.25, 0.3) is 0 Å². The number of carbonyl (C=O) groups excluding carboxylic acids is 1. The van der Waals surface area contributed by atoms with Crippen molar-refractivity contribution in [3.63, 3.8) is 0 Å². The Hall–Kier alpha value is -3.83. The molecule has 2 aliphatic heterocycles. The number of carbonyl (C=O) groups is 1. The van der Waals surface area contributed by atoms with Crippen molar-refractivity contribution in [1.29, 1.82) is 5.26 Å². The summed E-state index contributed by atoms with van der Waals surface area (Å²) in [5.74, 6) is 1.18. The number of hydrogen-bond acceptors (Lipinski definition) is 5. The van der Waals surface area contributed by atoms with E-state index in [0.717, 1.165) is 27.8 Å². The van der Waals surface area contributed by atoms with E-state index < -0.39 is 0 Å². The van der Waals surface area contributed by atoms with Crippen LogP contribution in [0.4, 0.5) is 4.79 Å². The van der Waals surface area contributed by atoms with Gasteiger partial charge in [0.05, 0.1) is 23.4 Å². The van der Waals surface area contributed by atoms with Gasteiger partial charge in [-0.05, 0) is 61.5 Å². The van der Waals surface area contributed by atoms with Crippen molar-refractivity contribution in [2.75, 3.05) is 33.2 Å².